The van der Waals surface area contributed by atoms with Gasteiger partial charge in [-0.15, -0.1) is 5.10 Å². The zero-order valence-electron chi connectivity index (χ0n) is 26.3. The minimum atomic E-state index is -4.51. The third-order valence-electron chi connectivity index (χ3n) is 7.60. The lowest BCUT2D eigenvalue weighted by Crippen LogP contribution is -2.35. The normalized spacial score (nSPS) is 15.1. The van der Waals surface area contributed by atoms with Crippen molar-refractivity contribution >= 4 is 22.3 Å². The summed E-state index contributed by atoms with van der Waals surface area (Å²) < 4.78 is 56.7. The molecule has 1 saturated carbocycles. The lowest BCUT2D eigenvalue weighted by Gasteiger charge is -2.23. The number of rotatable bonds is 7. The predicted octanol–water partition coefficient (Wildman–Crippen LogP) is 6.37. The van der Waals surface area contributed by atoms with E-state index in [1.807, 2.05) is 20.8 Å². The number of aromatic nitrogens is 5. The van der Waals surface area contributed by atoms with Gasteiger partial charge in [0.1, 0.15) is 17.4 Å². The van der Waals surface area contributed by atoms with E-state index in [1.54, 1.807) is 32.9 Å². The summed E-state index contributed by atoms with van der Waals surface area (Å²) in [4.78, 5) is 8.45. The van der Waals surface area contributed by atoms with Crippen molar-refractivity contribution in [1.29, 1.82) is 5.26 Å². The molecule has 1 fully saturated rings. The molecule has 1 aromatic carbocycles. The summed E-state index contributed by atoms with van der Waals surface area (Å²) in [6.07, 6.45) is -2.02. The van der Waals surface area contributed by atoms with E-state index in [0.29, 0.717) is 51.2 Å². The highest BCUT2D eigenvalue weighted by Crippen LogP contribution is 2.55. The van der Waals surface area contributed by atoms with Gasteiger partial charge in [0, 0.05) is 35.1 Å². The van der Waals surface area contributed by atoms with Crippen LogP contribution in [0.2, 0.25) is 0 Å². The monoisotopic (exact) mass is 634 g/mol. The third kappa shape index (κ3) is 6.75. The van der Waals surface area contributed by atoms with Crippen LogP contribution in [0.3, 0.4) is 0 Å². The summed E-state index contributed by atoms with van der Waals surface area (Å²) in [7, 11) is 0. The lowest BCUT2D eigenvalue weighted by atomic mass is 9.96. The van der Waals surface area contributed by atoms with Gasteiger partial charge in [-0.05, 0) is 57.2 Å². The van der Waals surface area contributed by atoms with Gasteiger partial charge in [0.2, 0.25) is 5.95 Å². The second-order valence-electron chi connectivity index (χ2n) is 13.3. The highest BCUT2D eigenvalue weighted by molar-refractivity contribution is 5.99. The predicted molar refractivity (Wildman–Crippen MR) is 165 cm³/mol. The van der Waals surface area contributed by atoms with Crippen LogP contribution < -0.4 is 10.6 Å². The van der Waals surface area contributed by atoms with Gasteiger partial charge < -0.3 is 15.7 Å². The number of alkyl halides is 3. The molecule has 1 unspecified atom stereocenters. The molecule has 0 radical (unpaired) electrons. The smallest absolute Gasteiger partial charge is 0.383 e. The van der Waals surface area contributed by atoms with Crippen LogP contribution in [0.1, 0.15) is 81.6 Å². The largest absolute Gasteiger partial charge is 0.413 e. The summed E-state index contributed by atoms with van der Waals surface area (Å²) in [5.74, 6) is 5.09. The Balaban J connectivity index is 1.69. The number of hydrogen-bond donors (Lipinski definition) is 3. The van der Waals surface area contributed by atoms with E-state index in [-0.39, 0.29) is 24.0 Å². The molecule has 4 aromatic rings. The van der Waals surface area contributed by atoms with E-state index < -0.39 is 29.3 Å². The lowest BCUT2D eigenvalue weighted by molar-refractivity contribution is -0.182. The molecule has 46 heavy (non-hydrogen) atoms. The fourth-order valence-corrected chi connectivity index (χ4v) is 5.03. The molecule has 1 aliphatic rings. The minimum Gasteiger partial charge on any atom is -0.383 e. The molecule has 1 aliphatic carbocycles. The molecule has 9 nitrogen and oxygen atoms in total. The van der Waals surface area contributed by atoms with Crippen LogP contribution in [0.4, 0.5) is 28.9 Å². The number of halogens is 4. The summed E-state index contributed by atoms with van der Waals surface area (Å²) in [5.41, 5.74) is -0.486. The maximum absolute atomic E-state index is 14.1. The van der Waals surface area contributed by atoms with Crippen molar-refractivity contribution in [3.05, 3.63) is 70.7 Å². The van der Waals surface area contributed by atoms with Gasteiger partial charge in [-0.3, -0.25) is 4.98 Å². The van der Waals surface area contributed by atoms with Crippen LogP contribution in [0.5, 0.6) is 0 Å². The maximum atomic E-state index is 14.1. The van der Waals surface area contributed by atoms with Crippen molar-refractivity contribution in [1.82, 2.24) is 25.0 Å². The Kier molecular flexibility index (Phi) is 8.20. The first-order valence-corrected chi connectivity index (χ1v) is 14.7. The number of benzene rings is 1. The Bertz CT molecular complexity index is 1900. The van der Waals surface area contributed by atoms with Crippen LogP contribution >= 0.6 is 0 Å². The van der Waals surface area contributed by atoms with E-state index in [2.05, 4.69) is 48.8 Å². The Morgan fingerprint density at radius 1 is 1.11 bits per heavy atom. The number of aryl methyl sites for hydroxylation is 1. The van der Waals surface area contributed by atoms with Crippen LogP contribution in [-0.4, -0.2) is 48.4 Å². The standard InChI is InChI=1S/C33H34F4N8O/c1-19-23(7-8-26(34)41-19)29(25-17-45(44-43-25)32(11-12-32)33(35,36)37)42-22-13-20(9-10-31(5,6)46)27-24(14-22)28(21(15-38)16-39-27)40-18-30(2,3)4/h7-8,13-14,16-17,29,42,46H,11-12,18H2,1-6H3,(H,39,40). The zero-order valence-corrected chi connectivity index (χ0v) is 26.3. The number of aliphatic hydroxyl groups is 1. The fraction of sp³-hybridized carbons (Fsp3) is 0.424. The number of anilines is 2. The van der Waals surface area contributed by atoms with Gasteiger partial charge in [-0.1, -0.05) is 43.9 Å². The SMILES string of the molecule is Cc1nc(F)ccc1C(Nc1cc(C#CC(C)(C)O)c2ncc(C#N)c(NCC(C)(C)C)c2c1)c1cn(C2(C(F)(F)F)CC2)nn1. The van der Waals surface area contributed by atoms with E-state index in [1.165, 1.54) is 18.5 Å². The molecule has 13 heteroatoms. The first-order valence-electron chi connectivity index (χ1n) is 14.7. The Morgan fingerprint density at radius 2 is 1.83 bits per heavy atom. The average Bonchev–Trinajstić information content (AvgIpc) is 3.64. The van der Waals surface area contributed by atoms with Gasteiger partial charge in [-0.2, -0.15) is 22.8 Å². The molecular weight excluding hydrogens is 600 g/mol. The number of nitrogens with zero attached hydrogens (tertiary/aromatic N) is 6. The molecule has 240 valence electrons. The molecule has 0 bridgehead atoms. The van der Waals surface area contributed by atoms with Gasteiger partial charge in [0.25, 0.3) is 0 Å². The van der Waals surface area contributed by atoms with Crippen molar-refractivity contribution in [2.24, 2.45) is 5.41 Å². The zero-order chi connectivity index (χ0) is 33.7. The fourth-order valence-electron chi connectivity index (χ4n) is 5.03. The van der Waals surface area contributed by atoms with Gasteiger partial charge >= 0.3 is 6.18 Å². The average molecular weight is 635 g/mol. The number of hydrogen-bond acceptors (Lipinski definition) is 8. The number of pyridine rings is 2. The Labute approximate surface area is 264 Å². The molecule has 3 aromatic heterocycles. The number of fused-ring (bicyclic) bond motifs is 1. The third-order valence-corrected chi connectivity index (χ3v) is 7.60. The topological polar surface area (TPSA) is 125 Å². The summed E-state index contributed by atoms with van der Waals surface area (Å²) >= 11 is 0. The first-order chi connectivity index (χ1) is 21.4. The van der Waals surface area contributed by atoms with Gasteiger partial charge in [0.05, 0.1) is 34.6 Å². The molecular formula is C33H34F4N8O. The van der Waals surface area contributed by atoms with Crippen molar-refractivity contribution in [2.75, 3.05) is 17.2 Å². The van der Waals surface area contributed by atoms with Crippen LogP contribution in [-0.2, 0) is 5.54 Å². The highest BCUT2D eigenvalue weighted by Gasteiger charge is 2.66. The molecule has 0 aliphatic heterocycles. The highest BCUT2D eigenvalue weighted by atomic mass is 19.4. The van der Waals surface area contributed by atoms with Crippen molar-refractivity contribution in [2.45, 2.75) is 77.7 Å². The number of nitrogens with one attached hydrogen (secondary N) is 2. The van der Waals surface area contributed by atoms with Crippen molar-refractivity contribution in [3.8, 4) is 17.9 Å². The Hall–Kier alpha value is -4.75. The van der Waals surface area contributed by atoms with E-state index in [0.717, 1.165) is 10.7 Å². The summed E-state index contributed by atoms with van der Waals surface area (Å²) in [5, 5.41) is 35.6. The molecule has 0 spiro atoms. The van der Waals surface area contributed by atoms with Crippen molar-refractivity contribution < 1.29 is 22.7 Å². The van der Waals surface area contributed by atoms with Gasteiger partial charge in [0.15, 0.2) is 5.54 Å². The van der Waals surface area contributed by atoms with E-state index in [4.69, 9.17) is 0 Å². The van der Waals surface area contributed by atoms with Crippen LogP contribution in [0.25, 0.3) is 10.9 Å². The number of nitriles is 1. The molecule has 3 N–H and O–H groups in total. The van der Waals surface area contributed by atoms with E-state index >= 15 is 0 Å². The molecule has 3 heterocycles. The molecule has 5 rings (SSSR count). The van der Waals surface area contributed by atoms with Crippen LogP contribution in [0.15, 0.2) is 36.7 Å². The minimum absolute atomic E-state index is 0.110. The quantitative estimate of drug-likeness (QED) is 0.122. The molecule has 0 amide bonds. The molecule has 0 saturated heterocycles. The Morgan fingerprint density at radius 3 is 2.41 bits per heavy atom. The second kappa shape index (κ2) is 11.6. The summed E-state index contributed by atoms with van der Waals surface area (Å²) in [6.45, 7) is 11.3. The van der Waals surface area contributed by atoms with Gasteiger partial charge in [-0.25, -0.2) is 9.67 Å². The second-order valence-corrected chi connectivity index (χ2v) is 13.3. The maximum Gasteiger partial charge on any atom is 0.413 e. The van der Waals surface area contributed by atoms with Crippen LogP contribution in [0, 0.1) is 41.5 Å². The molecule has 1 atom stereocenters. The first kappa shape index (κ1) is 32.6. The van der Waals surface area contributed by atoms with E-state index in [9.17, 15) is 27.9 Å². The van der Waals surface area contributed by atoms with Crippen molar-refractivity contribution in [3.63, 3.8) is 0 Å². The summed E-state index contributed by atoms with van der Waals surface area (Å²) in [6, 6.07) is 7.38.